The topological polar surface area (TPSA) is 20.2 Å². The van der Waals surface area contributed by atoms with Crippen molar-refractivity contribution >= 4 is 35.3 Å². The molecule has 1 N–H and O–H groups in total. The van der Waals surface area contributed by atoms with Crippen molar-refractivity contribution in [2.75, 3.05) is 0 Å². The zero-order chi connectivity index (χ0) is 10.7. The Kier molecular flexibility index (Phi) is 4.27. The Hall–Kier alpha value is 0.179. The molecule has 1 aliphatic carbocycles. The van der Waals surface area contributed by atoms with Crippen molar-refractivity contribution in [3.8, 4) is 0 Å². The van der Waals surface area contributed by atoms with Crippen molar-refractivity contribution < 1.29 is 5.11 Å². The van der Waals surface area contributed by atoms with Crippen LogP contribution in [0.1, 0.15) is 25.7 Å². The summed E-state index contributed by atoms with van der Waals surface area (Å²) in [6.07, 6.45) is 4.65. The molecule has 0 aromatic heterocycles. The Labute approximate surface area is 106 Å². The molecule has 1 fully saturated rings. The van der Waals surface area contributed by atoms with Gasteiger partial charge in [0.2, 0.25) is 0 Å². The minimum absolute atomic E-state index is 0.0533. The predicted molar refractivity (Wildman–Crippen MR) is 67.8 cm³/mol. The summed E-state index contributed by atoms with van der Waals surface area (Å²) in [5.41, 5.74) is 0. The van der Waals surface area contributed by atoms with Crippen molar-refractivity contribution in [3.05, 3.63) is 28.7 Å². The summed E-state index contributed by atoms with van der Waals surface area (Å²) in [6, 6.07) is 8.52. The molecule has 1 aliphatic rings. The Morgan fingerprint density at radius 2 is 1.80 bits per heavy atom. The Morgan fingerprint density at radius 3 is 2.47 bits per heavy atom. The summed E-state index contributed by atoms with van der Waals surface area (Å²) in [6.45, 7) is 0. The number of rotatable bonds is 2. The second kappa shape index (κ2) is 5.49. The molecule has 2 unspecified atom stereocenters. The van der Waals surface area contributed by atoms with Crippen LogP contribution in [0.3, 0.4) is 0 Å². The molecule has 82 valence electrons. The van der Waals surface area contributed by atoms with Gasteiger partial charge in [-0.1, -0.05) is 0 Å². The van der Waals surface area contributed by atoms with Gasteiger partial charge in [0.25, 0.3) is 0 Å². The summed E-state index contributed by atoms with van der Waals surface area (Å²) in [5.74, 6) is 0. The Bertz CT molecular complexity index is 312. The summed E-state index contributed by atoms with van der Waals surface area (Å²) in [7, 11) is 0. The van der Waals surface area contributed by atoms with Crippen molar-refractivity contribution in [1.82, 2.24) is 0 Å². The number of benzene rings is 1. The van der Waals surface area contributed by atoms with Crippen LogP contribution in [-0.2, 0) is 0 Å². The molecule has 0 bridgehead atoms. The van der Waals surface area contributed by atoms with Gasteiger partial charge in [-0.25, -0.2) is 0 Å². The van der Waals surface area contributed by atoms with Crippen LogP contribution in [0.4, 0.5) is 0 Å². The van der Waals surface area contributed by atoms with Crippen LogP contribution in [-0.4, -0.2) is 26.2 Å². The van der Waals surface area contributed by atoms with Gasteiger partial charge in [-0.3, -0.25) is 0 Å². The first-order valence-corrected chi connectivity index (χ1v) is 8.00. The van der Waals surface area contributed by atoms with E-state index in [1.54, 1.807) is 0 Å². The zero-order valence-electron chi connectivity index (χ0n) is 8.53. The molecule has 0 radical (unpaired) electrons. The van der Waals surface area contributed by atoms with Gasteiger partial charge in [-0.05, 0) is 0 Å². The average Bonchev–Trinajstić information content (AvgIpc) is 2.25. The molecule has 2 atom stereocenters. The molecule has 1 saturated carbocycles. The standard InChI is InChI=1S/C12H15BrOSe/c13-9-5-7-10(8-6-9)15-12-4-2-1-3-11(12)14/h5-8,11-12,14H,1-4H2. The SMILES string of the molecule is OC1CCCCC1[Se]c1ccc(Br)cc1. The monoisotopic (exact) mass is 334 g/mol. The number of hydrogen-bond acceptors (Lipinski definition) is 1. The molecular formula is C12H15BrOSe. The van der Waals surface area contributed by atoms with Gasteiger partial charge in [-0.15, -0.1) is 0 Å². The van der Waals surface area contributed by atoms with Gasteiger partial charge in [0.1, 0.15) is 0 Å². The molecule has 0 spiro atoms. The molecule has 0 aliphatic heterocycles. The fraction of sp³-hybridized carbons (Fsp3) is 0.500. The van der Waals surface area contributed by atoms with Crippen LogP contribution in [0.2, 0.25) is 4.82 Å². The third-order valence-electron chi connectivity index (χ3n) is 2.77. The van der Waals surface area contributed by atoms with Crippen LogP contribution in [0.25, 0.3) is 0 Å². The number of hydrogen-bond donors (Lipinski definition) is 1. The molecule has 3 heteroatoms. The first kappa shape index (κ1) is 11.7. The van der Waals surface area contributed by atoms with E-state index in [-0.39, 0.29) is 6.10 Å². The molecule has 0 heterocycles. The maximum absolute atomic E-state index is 9.89. The van der Waals surface area contributed by atoms with E-state index in [2.05, 4.69) is 40.2 Å². The molecule has 1 nitrogen and oxygen atoms in total. The molecule has 1 aromatic rings. The Balaban J connectivity index is 1.98. The normalized spacial score (nSPS) is 26.5. The molecular weight excluding hydrogens is 319 g/mol. The summed E-state index contributed by atoms with van der Waals surface area (Å²) in [5, 5.41) is 9.89. The summed E-state index contributed by atoms with van der Waals surface area (Å²) in [4.78, 5) is 0.535. The van der Waals surface area contributed by atoms with Gasteiger partial charge in [0.15, 0.2) is 0 Å². The Morgan fingerprint density at radius 1 is 1.13 bits per heavy atom. The number of halogens is 1. The first-order chi connectivity index (χ1) is 7.25. The maximum atomic E-state index is 9.89. The fourth-order valence-corrected chi connectivity index (χ4v) is 4.73. The van der Waals surface area contributed by atoms with Crippen molar-refractivity contribution in [3.63, 3.8) is 0 Å². The summed E-state index contributed by atoms with van der Waals surface area (Å²) >= 11 is 3.87. The second-order valence-electron chi connectivity index (χ2n) is 3.96. The van der Waals surface area contributed by atoms with E-state index in [0.29, 0.717) is 19.8 Å². The molecule has 15 heavy (non-hydrogen) atoms. The van der Waals surface area contributed by atoms with Crippen LogP contribution in [0.15, 0.2) is 28.7 Å². The van der Waals surface area contributed by atoms with Crippen LogP contribution in [0.5, 0.6) is 0 Å². The summed E-state index contributed by atoms with van der Waals surface area (Å²) < 4.78 is 2.53. The number of aliphatic hydroxyl groups is 1. The third-order valence-corrected chi connectivity index (χ3v) is 6.23. The molecule has 2 rings (SSSR count). The van der Waals surface area contributed by atoms with E-state index < -0.39 is 0 Å². The predicted octanol–water partition coefficient (Wildman–Crippen LogP) is 2.50. The number of aliphatic hydroxyl groups excluding tert-OH is 1. The van der Waals surface area contributed by atoms with Crippen molar-refractivity contribution in [1.29, 1.82) is 0 Å². The van der Waals surface area contributed by atoms with E-state index in [1.807, 2.05) is 0 Å². The minimum atomic E-state index is -0.0533. The van der Waals surface area contributed by atoms with Gasteiger partial charge in [0.05, 0.1) is 0 Å². The van der Waals surface area contributed by atoms with E-state index >= 15 is 0 Å². The molecule has 0 saturated heterocycles. The first-order valence-electron chi connectivity index (χ1n) is 5.36. The van der Waals surface area contributed by atoms with Crippen molar-refractivity contribution in [2.24, 2.45) is 0 Å². The van der Waals surface area contributed by atoms with Gasteiger partial charge in [0, 0.05) is 0 Å². The molecule has 1 aromatic carbocycles. The fourth-order valence-electron chi connectivity index (χ4n) is 1.90. The van der Waals surface area contributed by atoms with Gasteiger partial charge in [-0.2, -0.15) is 0 Å². The quantitative estimate of drug-likeness (QED) is 0.824. The van der Waals surface area contributed by atoms with E-state index in [0.717, 1.165) is 10.9 Å². The van der Waals surface area contributed by atoms with Gasteiger partial charge >= 0.3 is 106 Å². The van der Waals surface area contributed by atoms with Crippen LogP contribution in [0, 0.1) is 0 Å². The van der Waals surface area contributed by atoms with Gasteiger partial charge < -0.3 is 0 Å². The van der Waals surface area contributed by atoms with Crippen molar-refractivity contribution in [2.45, 2.75) is 36.6 Å². The molecule has 0 amide bonds. The second-order valence-corrected chi connectivity index (χ2v) is 7.63. The van der Waals surface area contributed by atoms with E-state index in [4.69, 9.17) is 0 Å². The third kappa shape index (κ3) is 3.32. The van der Waals surface area contributed by atoms with Crippen LogP contribution >= 0.6 is 15.9 Å². The van der Waals surface area contributed by atoms with Crippen LogP contribution < -0.4 is 4.46 Å². The van der Waals surface area contributed by atoms with E-state index in [1.165, 1.54) is 23.7 Å². The van der Waals surface area contributed by atoms with E-state index in [9.17, 15) is 5.11 Å². The average molecular weight is 334 g/mol. The zero-order valence-corrected chi connectivity index (χ0v) is 11.8.